The van der Waals surface area contributed by atoms with E-state index in [0.29, 0.717) is 6.54 Å². The molecule has 1 aromatic rings. The summed E-state index contributed by atoms with van der Waals surface area (Å²) in [5.41, 5.74) is 1.17. The Balaban J connectivity index is 1.62. The number of aryl methyl sites for hydroxylation is 1. The molecular weight excluding hydrogens is 282 g/mol. The van der Waals surface area contributed by atoms with Gasteiger partial charge in [0.05, 0.1) is 12.5 Å². The van der Waals surface area contributed by atoms with Crippen LogP contribution in [0, 0.1) is 5.41 Å². The molecule has 0 saturated heterocycles. The zero-order chi connectivity index (χ0) is 14.7. The Hall–Kier alpha value is -0.870. The van der Waals surface area contributed by atoms with Crippen molar-refractivity contribution in [2.75, 3.05) is 13.2 Å². The van der Waals surface area contributed by atoms with E-state index in [1.54, 1.807) is 11.3 Å². The lowest BCUT2D eigenvalue weighted by Gasteiger charge is -2.36. The molecule has 0 bridgehead atoms. The predicted molar refractivity (Wildman–Crippen MR) is 85.6 cm³/mol. The minimum absolute atomic E-state index is 0.0272. The topological polar surface area (TPSA) is 49.3 Å². The monoisotopic (exact) mass is 307 g/mol. The van der Waals surface area contributed by atoms with Crippen LogP contribution in [0.5, 0.6) is 0 Å². The van der Waals surface area contributed by atoms with Gasteiger partial charge in [0.1, 0.15) is 0 Å². The Morgan fingerprint density at radius 3 is 2.90 bits per heavy atom. The van der Waals surface area contributed by atoms with Crippen molar-refractivity contribution in [3.63, 3.8) is 0 Å². The van der Waals surface area contributed by atoms with Crippen LogP contribution in [0.1, 0.15) is 61.3 Å². The van der Waals surface area contributed by atoms with E-state index in [2.05, 4.69) is 16.8 Å². The zero-order valence-electron chi connectivity index (χ0n) is 12.6. The Morgan fingerprint density at radius 2 is 2.14 bits per heavy atom. The summed E-state index contributed by atoms with van der Waals surface area (Å²) in [7, 11) is 0. The normalized spacial score (nSPS) is 24.3. The molecule has 0 radical (unpaired) electrons. The van der Waals surface area contributed by atoms with Gasteiger partial charge < -0.3 is 10.4 Å². The molecule has 2 aliphatic rings. The Morgan fingerprint density at radius 1 is 1.33 bits per heavy atom. The highest BCUT2D eigenvalue weighted by molar-refractivity contribution is 7.10. The van der Waals surface area contributed by atoms with Crippen LogP contribution in [0.15, 0.2) is 11.4 Å². The summed E-state index contributed by atoms with van der Waals surface area (Å²) in [6, 6.07) is 2.12. The van der Waals surface area contributed by atoms with E-state index < -0.39 is 0 Å². The molecule has 4 heteroatoms. The molecule has 1 atom stereocenters. The maximum absolute atomic E-state index is 12.6. The SMILES string of the molecule is O=C(NCC1(CO)CCCCC1)C1CCCc2sccc21. The molecule has 3 nitrogen and oxygen atoms in total. The second-order valence-corrected chi connectivity index (χ2v) is 7.68. The first-order valence-corrected chi connectivity index (χ1v) is 9.07. The second kappa shape index (κ2) is 6.49. The van der Waals surface area contributed by atoms with E-state index in [1.165, 1.54) is 29.7 Å². The van der Waals surface area contributed by atoms with E-state index >= 15 is 0 Å². The fraction of sp³-hybridized carbons (Fsp3) is 0.706. The number of hydrogen-bond donors (Lipinski definition) is 2. The van der Waals surface area contributed by atoms with Gasteiger partial charge in [0.25, 0.3) is 0 Å². The highest BCUT2D eigenvalue weighted by atomic mass is 32.1. The lowest BCUT2D eigenvalue weighted by Crippen LogP contribution is -2.43. The van der Waals surface area contributed by atoms with Crippen molar-refractivity contribution in [1.29, 1.82) is 0 Å². The van der Waals surface area contributed by atoms with E-state index in [0.717, 1.165) is 32.1 Å². The summed E-state index contributed by atoms with van der Waals surface area (Å²) in [5.74, 6) is 0.187. The first-order valence-electron chi connectivity index (χ1n) is 8.19. The van der Waals surface area contributed by atoms with Gasteiger partial charge in [0, 0.05) is 16.8 Å². The average molecular weight is 307 g/mol. The highest BCUT2D eigenvalue weighted by Crippen LogP contribution is 2.37. The molecule has 1 unspecified atom stereocenters. The largest absolute Gasteiger partial charge is 0.396 e. The summed E-state index contributed by atoms with van der Waals surface area (Å²) in [4.78, 5) is 14.0. The second-order valence-electron chi connectivity index (χ2n) is 6.68. The van der Waals surface area contributed by atoms with Crippen LogP contribution >= 0.6 is 11.3 Å². The highest BCUT2D eigenvalue weighted by Gasteiger charge is 2.33. The molecule has 116 valence electrons. The van der Waals surface area contributed by atoms with Crippen LogP contribution in [-0.4, -0.2) is 24.2 Å². The third kappa shape index (κ3) is 3.16. The quantitative estimate of drug-likeness (QED) is 0.897. The number of fused-ring (bicyclic) bond motifs is 1. The number of nitrogens with one attached hydrogen (secondary N) is 1. The molecule has 0 spiro atoms. The van der Waals surface area contributed by atoms with Crippen molar-refractivity contribution in [3.05, 3.63) is 21.9 Å². The number of aliphatic hydroxyl groups is 1. The minimum atomic E-state index is -0.0694. The van der Waals surface area contributed by atoms with E-state index in [-0.39, 0.29) is 23.8 Å². The number of aliphatic hydroxyl groups excluding tert-OH is 1. The van der Waals surface area contributed by atoms with Gasteiger partial charge in [-0.1, -0.05) is 19.3 Å². The predicted octanol–water partition coefficient (Wildman–Crippen LogP) is 3.23. The zero-order valence-corrected chi connectivity index (χ0v) is 13.4. The smallest absolute Gasteiger partial charge is 0.227 e. The lowest BCUT2D eigenvalue weighted by molar-refractivity contribution is -0.123. The van der Waals surface area contributed by atoms with Gasteiger partial charge in [-0.2, -0.15) is 0 Å². The molecule has 0 aromatic carbocycles. The van der Waals surface area contributed by atoms with Gasteiger partial charge >= 0.3 is 0 Å². The Bertz CT molecular complexity index is 491. The summed E-state index contributed by atoms with van der Waals surface area (Å²) in [5, 5.41) is 15.0. The molecule has 21 heavy (non-hydrogen) atoms. The van der Waals surface area contributed by atoms with Crippen molar-refractivity contribution >= 4 is 17.2 Å². The number of hydrogen-bond acceptors (Lipinski definition) is 3. The van der Waals surface area contributed by atoms with Crippen LogP contribution in [-0.2, 0) is 11.2 Å². The fourth-order valence-electron chi connectivity index (χ4n) is 3.85. The molecular formula is C17H25NO2S. The van der Waals surface area contributed by atoms with Crippen molar-refractivity contribution in [2.24, 2.45) is 5.41 Å². The van der Waals surface area contributed by atoms with Crippen molar-refractivity contribution < 1.29 is 9.90 Å². The van der Waals surface area contributed by atoms with Crippen LogP contribution < -0.4 is 5.32 Å². The molecule has 3 rings (SSSR count). The van der Waals surface area contributed by atoms with Crippen LogP contribution in [0.3, 0.4) is 0 Å². The van der Waals surface area contributed by atoms with Gasteiger partial charge in [-0.15, -0.1) is 11.3 Å². The van der Waals surface area contributed by atoms with Gasteiger partial charge in [-0.25, -0.2) is 0 Å². The Kier molecular flexibility index (Phi) is 4.65. The number of rotatable bonds is 4. The van der Waals surface area contributed by atoms with Gasteiger partial charge in [0.15, 0.2) is 0 Å². The van der Waals surface area contributed by atoms with Crippen LogP contribution in [0.25, 0.3) is 0 Å². The van der Waals surface area contributed by atoms with Gasteiger partial charge in [0.2, 0.25) is 5.91 Å². The lowest BCUT2D eigenvalue weighted by atomic mass is 9.74. The number of carbonyl (C=O) groups is 1. The fourth-order valence-corrected chi connectivity index (χ4v) is 4.84. The first kappa shape index (κ1) is 15.0. The summed E-state index contributed by atoms with van der Waals surface area (Å²) >= 11 is 1.78. The van der Waals surface area contributed by atoms with E-state index in [4.69, 9.17) is 0 Å². The van der Waals surface area contributed by atoms with E-state index in [9.17, 15) is 9.90 Å². The van der Waals surface area contributed by atoms with E-state index in [1.807, 2.05) is 0 Å². The third-order valence-electron chi connectivity index (χ3n) is 5.26. The molecule has 1 aromatic heterocycles. The molecule has 1 saturated carbocycles. The van der Waals surface area contributed by atoms with Crippen LogP contribution in [0.2, 0.25) is 0 Å². The average Bonchev–Trinajstić information content (AvgIpc) is 3.02. The molecule has 2 aliphatic carbocycles. The van der Waals surface area contributed by atoms with Crippen molar-refractivity contribution in [1.82, 2.24) is 5.32 Å². The third-order valence-corrected chi connectivity index (χ3v) is 6.25. The number of carbonyl (C=O) groups excluding carboxylic acids is 1. The molecule has 0 aliphatic heterocycles. The standard InChI is InChI=1S/C17H25NO2S/c19-12-17(8-2-1-3-9-17)11-18-16(20)14-5-4-6-15-13(14)7-10-21-15/h7,10,14,19H,1-6,8-9,11-12H2,(H,18,20). The summed E-state index contributed by atoms with van der Waals surface area (Å²) in [6.07, 6.45) is 8.88. The van der Waals surface area contributed by atoms with Crippen molar-refractivity contribution in [2.45, 2.75) is 57.3 Å². The molecule has 1 fully saturated rings. The summed E-state index contributed by atoms with van der Waals surface area (Å²) < 4.78 is 0. The Labute approximate surface area is 130 Å². The number of amides is 1. The minimum Gasteiger partial charge on any atom is -0.396 e. The molecule has 2 N–H and O–H groups in total. The maximum Gasteiger partial charge on any atom is 0.227 e. The summed E-state index contributed by atoms with van der Waals surface area (Å²) in [6.45, 7) is 0.833. The van der Waals surface area contributed by atoms with Gasteiger partial charge in [-0.3, -0.25) is 4.79 Å². The number of thiophene rings is 1. The molecule has 1 heterocycles. The van der Waals surface area contributed by atoms with Gasteiger partial charge in [-0.05, 0) is 49.1 Å². The first-order chi connectivity index (χ1) is 10.2. The van der Waals surface area contributed by atoms with Crippen molar-refractivity contribution in [3.8, 4) is 0 Å². The molecule has 1 amide bonds. The maximum atomic E-state index is 12.6. The van der Waals surface area contributed by atoms with Crippen LogP contribution in [0.4, 0.5) is 0 Å².